The Kier molecular flexibility index (Phi) is 4.43. The van der Waals surface area contributed by atoms with Crippen molar-refractivity contribution in [1.29, 1.82) is 0 Å². The van der Waals surface area contributed by atoms with Crippen LogP contribution >= 0.6 is 23.2 Å². The van der Waals surface area contributed by atoms with Crippen LogP contribution in [0.3, 0.4) is 0 Å². The number of halogens is 2. The SMILES string of the molecule is CNC[C@@H]1CCN(C(=O)[C@H]2C[C@H]2c2ccc(Cl)cc2Cl)C1. The zero-order valence-corrected chi connectivity index (χ0v) is 13.6. The first-order chi connectivity index (χ1) is 10.1. The van der Waals surface area contributed by atoms with Gasteiger partial charge < -0.3 is 10.2 Å². The third-order valence-corrected chi connectivity index (χ3v) is 5.12. The van der Waals surface area contributed by atoms with Crippen molar-refractivity contribution in [3.63, 3.8) is 0 Å². The van der Waals surface area contributed by atoms with E-state index in [0.717, 1.165) is 38.0 Å². The van der Waals surface area contributed by atoms with Crippen LogP contribution in [0.4, 0.5) is 0 Å². The van der Waals surface area contributed by atoms with E-state index < -0.39 is 0 Å². The van der Waals surface area contributed by atoms with Gasteiger partial charge in [0.1, 0.15) is 0 Å². The molecule has 1 aromatic rings. The van der Waals surface area contributed by atoms with E-state index in [0.29, 0.717) is 21.9 Å². The maximum absolute atomic E-state index is 12.6. The van der Waals surface area contributed by atoms with E-state index in [1.807, 2.05) is 24.1 Å². The van der Waals surface area contributed by atoms with Crippen molar-refractivity contribution in [2.75, 3.05) is 26.7 Å². The highest BCUT2D eigenvalue weighted by Gasteiger charge is 2.47. The molecule has 3 rings (SSSR count). The standard InChI is InChI=1S/C16H20Cl2N2O/c1-19-8-10-4-5-20(9-10)16(21)14-7-13(14)12-3-2-11(17)6-15(12)18/h2-3,6,10,13-14,19H,4-5,7-9H2,1H3/t10-,13-,14-/m0/s1. The van der Waals surface area contributed by atoms with E-state index in [-0.39, 0.29) is 11.8 Å². The lowest BCUT2D eigenvalue weighted by Gasteiger charge is -2.17. The van der Waals surface area contributed by atoms with Crippen LogP contribution < -0.4 is 5.32 Å². The molecule has 1 amide bonds. The second kappa shape index (κ2) is 6.15. The molecule has 1 aliphatic carbocycles. The molecule has 1 aromatic carbocycles. The highest BCUT2D eigenvalue weighted by atomic mass is 35.5. The van der Waals surface area contributed by atoms with Gasteiger partial charge in [-0.2, -0.15) is 0 Å². The van der Waals surface area contributed by atoms with Crippen LogP contribution in [-0.4, -0.2) is 37.5 Å². The number of amides is 1. The fourth-order valence-corrected chi connectivity index (χ4v) is 3.89. The van der Waals surface area contributed by atoms with Gasteiger partial charge in [-0.15, -0.1) is 0 Å². The minimum absolute atomic E-state index is 0.108. The summed E-state index contributed by atoms with van der Waals surface area (Å²) in [6.45, 7) is 2.76. The summed E-state index contributed by atoms with van der Waals surface area (Å²) in [4.78, 5) is 14.6. The Balaban J connectivity index is 1.61. The normalized spacial score (nSPS) is 28.0. The number of carbonyl (C=O) groups is 1. The van der Waals surface area contributed by atoms with Gasteiger partial charge in [0.2, 0.25) is 5.91 Å². The van der Waals surface area contributed by atoms with Crippen molar-refractivity contribution in [3.8, 4) is 0 Å². The van der Waals surface area contributed by atoms with Crippen molar-refractivity contribution in [1.82, 2.24) is 10.2 Å². The van der Waals surface area contributed by atoms with E-state index in [1.165, 1.54) is 0 Å². The van der Waals surface area contributed by atoms with E-state index in [2.05, 4.69) is 5.32 Å². The summed E-state index contributed by atoms with van der Waals surface area (Å²) in [7, 11) is 1.96. The summed E-state index contributed by atoms with van der Waals surface area (Å²) < 4.78 is 0. The van der Waals surface area contributed by atoms with Gasteiger partial charge >= 0.3 is 0 Å². The van der Waals surface area contributed by atoms with Gasteiger partial charge in [0.05, 0.1) is 0 Å². The zero-order valence-electron chi connectivity index (χ0n) is 12.1. The van der Waals surface area contributed by atoms with Gasteiger partial charge in [-0.05, 0) is 56.0 Å². The number of nitrogens with zero attached hydrogens (tertiary/aromatic N) is 1. The summed E-state index contributed by atoms with van der Waals surface area (Å²) in [6.07, 6.45) is 2.01. The third-order valence-electron chi connectivity index (χ3n) is 4.56. The molecule has 21 heavy (non-hydrogen) atoms. The van der Waals surface area contributed by atoms with E-state index in [4.69, 9.17) is 23.2 Å². The maximum Gasteiger partial charge on any atom is 0.226 e. The molecule has 3 nitrogen and oxygen atoms in total. The Bertz CT molecular complexity index is 549. The maximum atomic E-state index is 12.6. The predicted octanol–water partition coefficient (Wildman–Crippen LogP) is 3.16. The third kappa shape index (κ3) is 3.20. The van der Waals surface area contributed by atoms with Crippen molar-refractivity contribution in [2.45, 2.75) is 18.8 Å². The molecule has 3 atom stereocenters. The molecule has 0 aromatic heterocycles. The summed E-state index contributed by atoms with van der Waals surface area (Å²) in [5.74, 6) is 1.27. The average Bonchev–Trinajstić information content (AvgIpc) is 3.09. The first-order valence-corrected chi connectivity index (χ1v) is 8.24. The number of hydrogen-bond acceptors (Lipinski definition) is 2. The number of hydrogen-bond donors (Lipinski definition) is 1. The van der Waals surface area contributed by atoms with Crippen molar-refractivity contribution >= 4 is 29.1 Å². The minimum Gasteiger partial charge on any atom is -0.342 e. The summed E-state index contributed by atoms with van der Waals surface area (Å²) >= 11 is 12.2. The van der Waals surface area contributed by atoms with Gasteiger partial charge in [0.15, 0.2) is 0 Å². The Hall–Kier alpha value is -0.770. The number of nitrogens with one attached hydrogen (secondary N) is 1. The Morgan fingerprint density at radius 1 is 1.43 bits per heavy atom. The molecule has 1 saturated carbocycles. The molecule has 0 spiro atoms. The fraction of sp³-hybridized carbons (Fsp3) is 0.562. The van der Waals surface area contributed by atoms with E-state index in [1.54, 1.807) is 6.07 Å². The molecule has 0 unspecified atom stereocenters. The van der Waals surface area contributed by atoms with Crippen LogP contribution in [0.15, 0.2) is 18.2 Å². The quantitative estimate of drug-likeness (QED) is 0.921. The molecule has 0 bridgehead atoms. The van der Waals surface area contributed by atoms with Gasteiger partial charge in [0, 0.05) is 29.1 Å². The lowest BCUT2D eigenvalue weighted by Crippen LogP contribution is -2.31. The molecule has 1 heterocycles. The molecule has 114 valence electrons. The Labute approximate surface area is 135 Å². The molecule has 5 heteroatoms. The Morgan fingerprint density at radius 2 is 2.24 bits per heavy atom. The highest BCUT2D eigenvalue weighted by Crippen LogP contribution is 2.51. The molecule has 2 aliphatic rings. The molecule has 2 fully saturated rings. The van der Waals surface area contributed by atoms with E-state index in [9.17, 15) is 4.79 Å². The van der Waals surface area contributed by atoms with Crippen LogP contribution in [-0.2, 0) is 4.79 Å². The Morgan fingerprint density at radius 3 is 2.95 bits per heavy atom. The number of likely N-dealkylation sites (tertiary alicyclic amines) is 1. The largest absolute Gasteiger partial charge is 0.342 e. The first kappa shape index (κ1) is 15.1. The molecule has 1 aliphatic heterocycles. The topological polar surface area (TPSA) is 32.3 Å². The smallest absolute Gasteiger partial charge is 0.226 e. The second-order valence-corrected chi connectivity index (χ2v) is 6.95. The summed E-state index contributed by atoms with van der Waals surface area (Å²) in [5.41, 5.74) is 1.06. The van der Waals surface area contributed by atoms with Crippen LogP contribution in [0, 0.1) is 11.8 Å². The van der Waals surface area contributed by atoms with Crippen LogP contribution in [0.5, 0.6) is 0 Å². The molecule has 0 radical (unpaired) electrons. The van der Waals surface area contributed by atoms with Crippen molar-refractivity contribution in [2.24, 2.45) is 11.8 Å². The van der Waals surface area contributed by atoms with Crippen LogP contribution in [0.2, 0.25) is 10.0 Å². The van der Waals surface area contributed by atoms with Crippen molar-refractivity contribution < 1.29 is 4.79 Å². The lowest BCUT2D eigenvalue weighted by atomic mass is 10.1. The van der Waals surface area contributed by atoms with Gasteiger partial charge in [-0.25, -0.2) is 0 Å². The molecular weight excluding hydrogens is 307 g/mol. The van der Waals surface area contributed by atoms with Gasteiger partial charge in [-0.1, -0.05) is 29.3 Å². The minimum atomic E-state index is 0.108. The highest BCUT2D eigenvalue weighted by molar-refractivity contribution is 6.35. The van der Waals surface area contributed by atoms with Gasteiger partial charge in [0.25, 0.3) is 0 Å². The molecule has 1 saturated heterocycles. The number of carbonyl (C=O) groups excluding carboxylic acids is 1. The number of benzene rings is 1. The molecule has 1 N–H and O–H groups in total. The number of rotatable bonds is 4. The van der Waals surface area contributed by atoms with Crippen LogP contribution in [0.1, 0.15) is 24.3 Å². The summed E-state index contributed by atoms with van der Waals surface area (Å²) in [5, 5.41) is 4.51. The summed E-state index contributed by atoms with van der Waals surface area (Å²) in [6, 6.07) is 5.56. The first-order valence-electron chi connectivity index (χ1n) is 7.48. The average molecular weight is 327 g/mol. The molecular formula is C16H20Cl2N2O. The fourth-order valence-electron chi connectivity index (χ4n) is 3.34. The predicted molar refractivity (Wildman–Crippen MR) is 85.9 cm³/mol. The van der Waals surface area contributed by atoms with E-state index >= 15 is 0 Å². The van der Waals surface area contributed by atoms with Gasteiger partial charge in [-0.3, -0.25) is 4.79 Å². The second-order valence-electron chi connectivity index (χ2n) is 6.11. The van der Waals surface area contributed by atoms with Crippen molar-refractivity contribution in [3.05, 3.63) is 33.8 Å². The monoisotopic (exact) mass is 326 g/mol. The zero-order chi connectivity index (χ0) is 15.0. The van der Waals surface area contributed by atoms with Crippen LogP contribution in [0.25, 0.3) is 0 Å². The lowest BCUT2D eigenvalue weighted by molar-refractivity contribution is -0.131.